The number of aryl methyl sites for hydroxylation is 1. The third-order valence-corrected chi connectivity index (χ3v) is 3.24. The third kappa shape index (κ3) is 2.62. The Labute approximate surface area is 97.0 Å². The van der Waals surface area contributed by atoms with Crippen molar-refractivity contribution in [3.8, 4) is 0 Å². The predicted octanol–water partition coefficient (Wildman–Crippen LogP) is 1.08. The summed E-state index contributed by atoms with van der Waals surface area (Å²) in [5, 5.41) is 7.71. The van der Waals surface area contributed by atoms with Gasteiger partial charge in [0.05, 0.1) is 5.69 Å². The lowest BCUT2D eigenvalue weighted by Gasteiger charge is -2.21. The van der Waals surface area contributed by atoms with E-state index in [4.69, 9.17) is 4.74 Å². The molecule has 90 valence electrons. The van der Waals surface area contributed by atoms with Gasteiger partial charge in [-0.25, -0.2) is 0 Å². The van der Waals surface area contributed by atoms with Gasteiger partial charge in [-0.3, -0.25) is 4.68 Å². The van der Waals surface area contributed by atoms with Crippen LogP contribution in [0.25, 0.3) is 0 Å². The van der Waals surface area contributed by atoms with Gasteiger partial charge in [-0.2, -0.15) is 5.10 Å². The quantitative estimate of drug-likeness (QED) is 0.830. The van der Waals surface area contributed by atoms with Crippen molar-refractivity contribution in [2.75, 3.05) is 26.8 Å². The molecule has 0 aromatic carbocycles. The monoisotopic (exact) mass is 223 g/mol. The van der Waals surface area contributed by atoms with Gasteiger partial charge in [-0.15, -0.1) is 0 Å². The summed E-state index contributed by atoms with van der Waals surface area (Å²) >= 11 is 0. The zero-order valence-corrected chi connectivity index (χ0v) is 10.2. The van der Waals surface area contributed by atoms with Crippen molar-refractivity contribution in [2.24, 2.45) is 7.05 Å². The minimum absolute atomic E-state index is 0.634. The fourth-order valence-corrected chi connectivity index (χ4v) is 2.29. The lowest BCUT2D eigenvalue weighted by atomic mass is 9.96. The van der Waals surface area contributed by atoms with Crippen LogP contribution in [0.3, 0.4) is 0 Å². The summed E-state index contributed by atoms with van der Waals surface area (Å²) in [4.78, 5) is 0. The Morgan fingerprint density at radius 1 is 1.50 bits per heavy atom. The van der Waals surface area contributed by atoms with Gasteiger partial charge >= 0.3 is 0 Å². The van der Waals surface area contributed by atoms with Crippen LogP contribution in [0.2, 0.25) is 0 Å². The molecule has 4 heteroatoms. The summed E-state index contributed by atoms with van der Waals surface area (Å²) in [6.07, 6.45) is 3.27. The normalized spacial score (nSPS) is 17.9. The molecule has 1 aromatic heterocycles. The minimum Gasteiger partial charge on any atom is -0.381 e. The zero-order chi connectivity index (χ0) is 11.4. The van der Waals surface area contributed by atoms with Gasteiger partial charge < -0.3 is 10.1 Å². The highest BCUT2D eigenvalue weighted by Crippen LogP contribution is 2.26. The standard InChI is InChI=1S/C12H21N3O/c1-13-6-3-11-9-12(15(2)14-11)10-4-7-16-8-5-10/h9-10,13H,3-8H2,1-2H3. The molecule has 16 heavy (non-hydrogen) atoms. The van der Waals surface area contributed by atoms with Gasteiger partial charge in [0.1, 0.15) is 0 Å². The summed E-state index contributed by atoms with van der Waals surface area (Å²) < 4.78 is 7.44. The molecule has 2 heterocycles. The van der Waals surface area contributed by atoms with Crippen molar-refractivity contribution in [3.05, 3.63) is 17.5 Å². The van der Waals surface area contributed by atoms with Crippen molar-refractivity contribution >= 4 is 0 Å². The second-order valence-corrected chi connectivity index (χ2v) is 4.42. The van der Waals surface area contributed by atoms with Crippen LogP contribution in [-0.4, -0.2) is 36.6 Å². The van der Waals surface area contributed by atoms with E-state index >= 15 is 0 Å². The summed E-state index contributed by atoms with van der Waals surface area (Å²) in [5.41, 5.74) is 2.56. The van der Waals surface area contributed by atoms with E-state index in [2.05, 4.69) is 16.5 Å². The predicted molar refractivity (Wildman–Crippen MR) is 63.6 cm³/mol. The largest absolute Gasteiger partial charge is 0.381 e. The maximum Gasteiger partial charge on any atom is 0.0640 e. The molecule has 1 aromatic rings. The number of ether oxygens (including phenoxy) is 1. The number of nitrogens with one attached hydrogen (secondary N) is 1. The Bertz CT molecular complexity index is 329. The van der Waals surface area contributed by atoms with E-state index < -0.39 is 0 Å². The summed E-state index contributed by atoms with van der Waals surface area (Å²) in [5.74, 6) is 0.634. The van der Waals surface area contributed by atoms with Crippen LogP contribution in [0.1, 0.15) is 30.1 Å². The molecule has 4 nitrogen and oxygen atoms in total. The SMILES string of the molecule is CNCCc1cc(C2CCOCC2)n(C)n1. The van der Waals surface area contributed by atoms with Gasteiger partial charge in [0.25, 0.3) is 0 Å². The van der Waals surface area contributed by atoms with E-state index in [-0.39, 0.29) is 0 Å². The molecule has 1 N–H and O–H groups in total. The van der Waals surface area contributed by atoms with E-state index in [0.717, 1.165) is 39.0 Å². The molecular weight excluding hydrogens is 202 g/mol. The number of hydrogen-bond acceptors (Lipinski definition) is 3. The molecule has 0 radical (unpaired) electrons. The van der Waals surface area contributed by atoms with Crippen LogP contribution in [0.15, 0.2) is 6.07 Å². The average Bonchev–Trinajstić information content (AvgIpc) is 2.69. The molecule has 1 saturated heterocycles. The van der Waals surface area contributed by atoms with Gasteiger partial charge in [0.2, 0.25) is 0 Å². The Hall–Kier alpha value is -0.870. The van der Waals surface area contributed by atoms with Gasteiger partial charge in [0, 0.05) is 44.8 Å². The Morgan fingerprint density at radius 2 is 2.25 bits per heavy atom. The first kappa shape index (κ1) is 11.6. The first-order chi connectivity index (χ1) is 7.81. The molecular formula is C12H21N3O. The third-order valence-electron chi connectivity index (χ3n) is 3.24. The molecule has 0 unspecified atom stereocenters. The van der Waals surface area contributed by atoms with Crippen LogP contribution in [0.5, 0.6) is 0 Å². The van der Waals surface area contributed by atoms with E-state index in [1.54, 1.807) is 0 Å². The molecule has 0 saturated carbocycles. The number of nitrogens with zero attached hydrogens (tertiary/aromatic N) is 2. The number of rotatable bonds is 4. The van der Waals surface area contributed by atoms with Crippen LogP contribution in [0, 0.1) is 0 Å². The van der Waals surface area contributed by atoms with Gasteiger partial charge in [-0.1, -0.05) is 0 Å². The summed E-state index contributed by atoms with van der Waals surface area (Å²) in [6.45, 7) is 2.77. The zero-order valence-electron chi connectivity index (χ0n) is 10.2. The summed E-state index contributed by atoms with van der Waals surface area (Å²) in [7, 11) is 4.02. The molecule has 2 rings (SSSR count). The molecule has 1 aliphatic rings. The van der Waals surface area contributed by atoms with Crippen molar-refractivity contribution in [1.29, 1.82) is 0 Å². The van der Waals surface area contributed by atoms with Crippen molar-refractivity contribution < 1.29 is 4.74 Å². The van der Waals surface area contributed by atoms with Crippen LogP contribution in [0.4, 0.5) is 0 Å². The van der Waals surface area contributed by atoms with Crippen LogP contribution >= 0.6 is 0 Å². The lowest BCUT2D eigenvalue weighted by molar-refractivity contribution is 0.0837. The number of aromatic nitrogens is 2. The Balaban J connectivity index is 2.04. The smallest absolute Gasteiger partial charge is 0.0640 e. The second-order valence-electron chi connectivity index (χ2n) is 4.42. The van der Waals surface area contributed by atoms with E-state index in [9.17, 15) is 0 Å². The van der Waals surface area contributed by atoms with E-state index in [0.29, 0.717) is 5.92 Å². The molecule has 0 spiro atoms. The van der Waals surface area contributed by atoms with E-state index in [1.165, 1.54) is 11.4 Å². The van der Waals surface area contributed by atoms with E-state index in [1.807, 2.05) is 18.8 Å². The van der Waals surface area contributed by atoms with Crippen LogP contribution < -0.4 is 5.32 Å². The number of hydrogen-bond donors (Lipinski definition) is 1. The molecule has 1 fully saturated rings. The highest BCUT2D eigenvalue weighted by Gasteiger charge is 2.19. The Morgan fingerprint density at radius 3 is 2.94 bits per heavy atom. The molecule has 0 bridgehead atoms. The second kappa shape index (κ2) is 5.46. The van der Waals surface area contributed by atoms with Crippen molar-refractivity contribution in [3.63, 3.8) is 0 Å². The molecule has 0 atom stereocenters. The van der Waals surface area contributed by atoms with Gasteiger partial charge in [0.15, 0.2) is 0 Å². The lowest BCUT2D eigenvalue weighted by Crippen LogP contribution is -2.16. The maximum atomic E-state index is 5.39. The first-order valence-electron chi connectivity index (χ1n) is 6.06. The first-order valence-corrected chi connectivity index (χ1v) is 6.06. The Kier molecular flexibility index (Phi) is 3.96. The number of likely N-dealkylation sites (N-methyl/N-ethyl adjacent to an activating group) is 1. The maximum absolute atomic E-state index is 5.39. The average molecular weight is 223 g/mol. The molecule has 0 aliphatic carbocycles. The fourth-order valence-electron chi connectivity index (χ4n) is 2.29. The fraction of sp³-hybridized carbons (Fsp3) is 0.750. The topological polar surface area (TPSA) is 39.1 Å². The highest BCUT2D eigenvalue weighted by molar-refractivity contribution is 5.15. The summed E-state index contributed by atoms with van der Waals surface area (Å²) in [6, 6.07) is 2.26. The highest BCUT2D eigenvalue weighted by atomic mass is 16.5. The minimum atomic E-state index is 0.634. The van der Waals surface area contributed by atoms with Crippen LogP contribution in [-0.2, 0) is 18.2 Å². The van der Waals surface area contributed by atoms with Crippen molar-refractivity contribution in [2.45, 2.75) is 25.2 Å². The molecule has 1 aliphatic heterocycles. The van der Waals surface area contributed by atoms with Crippen molar-refractivity contribution in [1.82, 2.24) is 15.1 Å². The van der Waals surface area contributed by atoms with Gasteiger partial charge in [-0.05, 0) is 26.0 Å². The molecule has 0 amide bonds.